The minimum Gasteiger partial charge on any atom is -0.399 e. The second-order valence-corrected chi connectivity index (χ2v) is 8.87. The molecule has 1 heterocycles. The van der Waals surface area contributed by atoms with Crippen LogP contribution in [0.25, 0.3) is 0 Å². The molecule has 3 nitrogen and oxygen atoms in total. The van der Waals surface area contributed by atoms with E-state index in [2.05, 4.69) is 0 Å². The average molecular weight is 406 g/mol. The van der Waals surface area contributed by atoms with Crippen LogP contribution in [0.4, 0.5) is 13.2 Å². The van der Waals surface area contributed by atoms with Crippen molar-refractivity contribution >= 4 is 12.6 Å². The van der Waals surface area contributed by atoms with Gasteiger partial charge in [0.15, 0.2) is 0 Å². The van der Waals surface area contributed by atoms with E-state index < -0.39 is 35.7 Å². The third-order valence-corrected chi connectivity index (χ3v) is 5.96. The average Bonchev–Trinajstić information content (AvgIpc) is 2.81. The predicted molar refractivity (Wildman–Crippen MR) is 107 cm³/mol. The number of alkyl halides is 3. The van der Waals surface area contributed by atoms with Crippen molar-refractivity contribution < 1.29 is 27.6 Å². The summed E-state index contributed by atoms with van der Waals surface area (Å²) in [6.45, 7) is 10.9. The Balaban J connectivity index is 1.91. The summed E-state index contributed by atoms with van der Waals surface area (Å²) in [5.41, 5.74) is -1.42. The highest BCUT2D eigenvalue weighted by Crippen LogP contribution is 2.38. The quantitative estimate of drug-likeness (QED) is 0.760. The summed E-state index contributed by atoms with van der Waals surface area (Å²) < 4.78 is 51.6. The molecule has 1 saturated heterocycles. The first-order valence-corrected chi connectivity index (χ1v) is 9.51. The fourth-order valence-corrected chi connectivity index (χ4v) is 3.34. The van der Waals surface area contributed by atoms with Crippen molar-refractivity contribution in [3.8, 4) is 0 Å². The van der Waals surface area contributed by atoms with Crippen LogP contribution >= 0.6 is 0 Å². The molecule has 1 atom stereocenters. The van der Waals surface area contributed by atoms with E-state index >= 15 is 0 Å². The van der Waals surface area contributed by atoms with E-state index in [4.69, 9.17) is 9.31 Å². The number of hydrogen-bond acceptors (Lipinski definition) is 3. The van der Waals surface area contributed by atoms with Gasteiger partial charge in [0.1, 0.15) is 5.60 Å². The highest BCUT2D eigenvalue weighted by atomic mass is 19.4. The lowest BCUT2D eigenvalue weighted by Crippen LogP contribution is -2.41. The summed E-state index contributed by atoms with van der Waals surface area (Å²) in [5, 5.41) is 11.1. The van der Waals surface area contributed by atoms with E-state index in [1.165, 1.54) is 6.92 Å². The van der Waals surface area contributed by atoms with Gasteiger partial charge in [-0.3, -0.25) is 0 Å². The van der Waals surface area contributed by atoms with Gasteiger partial charge in [0, 0.05) is 0 Å². The maximum absolute atomic E-state index is 13.2. The summed E-state index contributed by atoms with van der Waals surface area (Å²) in [6.07, 6.45) is -4.47. The fraction of sp³-hybridized carbons (Fsp3) is 0.455. The lowest BCUT2D eigenvalue weighted by molar-refractivity contribution is -0.137. The third kappa shape index (κ3) is 4.09. The number of halogens is 3. The monoisotopic (exact) mass is 406 g/mol. The van der Waals surface area contributed by atoms with Crippen LogP contribution in [0.2, 0.25) is 0 Å². The molecule has 2 aromatic carbocycles. The van der Waals surface area contributed by atoms with Crippen LogP contribution < -0.4 is 5.46 Å². The van der Waals surface area contributed by atoms with Gasteiger partial charge in [-0.05, 0) is 70.3 Å². The molecule has 156 valence electrons. The Bertz CT molecular complexity index is 887. The Hall–Kier alpha value is -1.83. The molecule has 0 radical (unpaired) electrons. The van der Waals surface area contributed by atoms with Crippen LogP contribution in [0.3, 0.4) is 0 Å². The number of rotatable bonds is 3. The van der Waals surface area contributed by atoms with Crippen molar-refractivity contribution in [1.29, 1.82) is 0 Å². The smallest absolute Gasteiger partial charge is 0.399 e. The molecule has 29 heavy (non-hydrogen) atoms. The molecular formula is C22H26BF3O3. The second-order valence-electron chi connectivity index (χ2n) is 8.87. The largest absolute Gasteiger partial charge is 0.494 e. The van der Waals surface area contributed by atoms with Crippen LogP contribution in [0.15, 0.2) is 42.5 Å². The van der Waals surface area contributed by atoms with Gasteiger partial charge in [-0.25, -0.2) is 0 Å². The summed E-state index contributed by atoms with van der Waals surface area (Å²) in [5.74, 6) is 0. The van der Waals surface area contributed by atoms with Crippen LogP contribution in [-0.2, 0) is 21.1 Å². The molecule has 1 fully saturated rings. The Morgan fingerprint density at radius 3 is 1.79 bits per heavy atom. The lowest BCUT2D eigenvalue weighted by Gasteiger charge is -2.32. The standard InChI is InChI=1S/C22H26BF3O3/c1-14-11-16(13-17(12-14)22(24,25)26)21(6,27)15-7-9-18(10-8-15)23-28-19(2,3)20(4,5)29-23/h7-13,27H,1-6H3. The molecule has 0 bridgehead atoms. The summed E-state index contributed by atoms with van der Waals surface area (Å²) in [7, 11) is -0.546. The van der Waals surface area contributed by atoms with E-state index in [0.29, 0.717) is 11.1 Å². The van der Waals surface area contributed by atoms with Gasteiger partial charge in [-0.1, -0.05) is 35.9 Å². The Labute approximate surface area is 170 Å². The van der Waals surface area contributed by atoms with E-state index in [9.17, 15) is 18.3 Å². The zero-order valence-electron chi connectivity index (χ0n) is 17.5. The topological polar surface area (TPSA) is 38.7 Å². The molecule has 1 N–H and O–H groups in total. The molecule has 7 heteroatoms. The molecule has 1 aliphatic heterocycles. The molecule has 3 rings (SSSR count). The first-order chi connectivity index (χ1) is 13.1. The molecule has 1 aliphatic rings. The van der Waals surface area contributed by atoms with E-state index in [0.717, 1.165) is 17.6 Å². The summed E-state index contributed by atoms with van der Waals surface area (Å²) in [6, 6.07) is 10.6. The minimum atomic E-state index is -4.47. The number of aryl methyl sites for hydroxylation is 1. The van der Waals surface area contributed by atoms with Gasteiger partial charge in [0.2, 0.25) is 0 Å². The number of benzene rings is 2. The van der Waals surface area contributed by atoms with Gasteiger partial charge < -0.3 is 14.4 Å². The molecule has 2 aromatic rings. The fourth-order valence-electron chi connectivity index (χ4n) is 3.34. The highest BCUT2D eigenvalue weighted by molar-refractivity contribution is 6.62. The Kier molecular flexibility index (Phi) is 5.17. The van der Waals surface area contributed by atoms with Gasteiger partial charge in [-0.15, -0.1) is 0 Å². The minimum absolute atomic E-state index is 0.188. The zero-order valence-corrected chi connectivity index (χ0v) is 17.5. The Morgan fingerprint density at radius 2 is 1.31 bits per heavy atom. The van der Waals surface area contributed by atoms with E-state index in [1.54, 1.807) is 37.3 Å². The normalized spacial score (nSPS) is 20.6. The van der Waals surface area contributed by atoms with E-state index in [1.807, 2.05) is 27.7 Å². The first-order valence-electron chi connectivity index (χ1n) is 9.51. The molecule has 0 aliphatic carbocycles. The highest BCUT2D eigenvalue weighted by Gasteiger charge is 2.51. The van der Waals surface area contributed by atoms with Crippen molar-refractivity contribution in [2.45, 2.75) is 64.5 Å². The first kappa shape index (κ1) is 21.9. The van der Waals surface area contributed by atoms with Gasteiger partial charge in [-0.2, -0.15) is 13.2 Å². The maximum Gasteiger partial charge on any atom is 0.494 e. The maximum atomic E-state index is 13.2. The zero-order chi connectivity index (χ0) is 21.8. The van der Waals surface area contributed by atoms with Crippen molar-refractivity contribution in [3.63, 3.8) is 0 Å². The molecule has 0 saturated carbocycles. The molecule has 0 amide bonds. The van der Waals surface area contributed by atoms with E-state index in [-0.39, 0.29) is 5.56 Å². The molecule has 1 unspecified atom stereocenters. The lowest BCUT2D eigenvalue weighted by atomic mass is 9.77. The van der Waals surface area contributed by atoms with Crippen molar-refractivity contribution in [2.75, 3.05) is 0 Å². The van der Waals surface area contributed by atoms with Gasteiger partial charge in [0.05, 0.1) is 16.8 Å². The van der Waals surface area contributed by atoms with Crippen LogP contribution in [0, 0.1) is 6.92 Å². The molecule has 0 spiro atoms. The van der Waals surface area contributed by atoms with Gasteiger partial charge >= 0.3 is 13.3 Å². The van der Waals surface area contributed by atoms with Crippen LogP contribution in [-0.4, -0.2) is 23.4 Å². The summed E-state index contributed by atoms with van der Waals surface area (Å²) >= 11 is 0. The van der Waals surface area contributed by atoms with Crippen LogP contribution in [0.5, 0.6) is 0 Å². The van der Waals surface area contributed by atoms with Crippen molar-refractivity contribution in [3.05, 3.63) is 64.7 Å². The summed E-state index contributed by atoms with van der Waals surface area (Å²) in [4.78, 5) is 0. The number of aliphatic hydroxyl groups is 1. The third-order valence-electron chi connectivity index (χ3n) is 5.96. The van der Waals surface area contributed by atoms with Crippen LogP contribution in [0.1, 0.15) is 56.9 Å². The molecular weight excluding hydrogens is 380 g/mol. The van der Waals surface area contributed by atoms with Crippen molar-refractivity contribution in [1.82, 2.24) is 0 Å². The predicted octanol–water partition coefficient (Wildman–Crippen LogP) is 4.57. The number of hydrogen-bond donors (Lipinski definition) is 1. The second kappa shape index (κ2) is 6.86. The Morgan fingerprint density at radius 1 is 0.828 bits per heavy atom. The van der Waals surface area contributed by atoms with Gasteiger partial charge in [0.25, 0.3) is 0 Å². The SMILES string of the molecule is Cc1cc(C(F)(F)F)cc(C(C)(O)c2ccc(B3OC(C)(C)C(C)(C)O3)cc2)c1. The van der Waals surface area contributed by atoms with Crippen molar-refractivity contribution in [2.24, 2.45) is 0 Å². The molecule has 0 aromatic heterocycles.